The monoisotopic (exact) mass is 314 g/mol. The van der Waals surface area contributed by atoms with Crippen molar-refractivity contribution < 1.29 is 9.47 Å². The van der Waals surface area contributed by atoms with E-state index in [1.807, 2.05) is 0 Å². The molecular formula is C21H30O2. The third-order valence-corrected chi connectivity index (χ3v) is 5.51. The normalized spacial score (nSPS) is 30.0. The Morgan fingerprint density at radius 1 is 1.22 bits per heavy atom. The van der Waals surface area contributed by atoms with Gasteiger partial charge in [0.2, 0.25) is 0 Å². The van der Waals surface area contributed by atoms with Gasteiger partial charge in [0.25, 0.3) is 0 Å². The lowest BCUT2D eigenvalue weighted by atomic mass is 9.65. The highest BCUT2D eigenvalue weighted by molar-refractivity contribution is 5.35. The predicted molar refractivity (Wildman–Crippen MR) is 95.0 cm³/mol. The molecule has 2 nitrogen and oxygen atoms in total. The van der Waals surface area contributed by atoms with E-state index in [0.717, 1.165) is 25.4 Å². The van der Waals surface area contributed by atoms with Gasteiger partial charge in [-0.25, -0.2) is 0 Å². The second-order valence-corrected chi connectivity index (χ2v) is 7.29. The van der Waals surface area contributed by atoms with Gasteiger partial charge in [-0.3, -0.25) is 0 Å². The van der Waals surface area contributed by atoms with Crippen LogP contribution in [-0.2, 0) is 10.2 Å². The smallest absolute Gasteiger partial charge is 0.119 e. The van der Waals surface area contributed by atoms with Gasteiger partial charge in [-0.2, -0.15) is 0 Å². The molecule has 2 heteroatoms. The highest BCUT2D eigenvalue weighted by atomic mass is 16.6. The molecule has 1 fully saturated rings. The Hall–Kier alpha value is -1.28. The molecule has 23 heavy (non-hydrogen) atoms. The Morgan fingerprint density at radius 2 is 1.96 bits per heavy atom. The van der Waals surface area contributed by atoms with E-state index in [9.17, 15) is 0 Å². The molecule has 1 aromatic carbocycles. The topological polar surface area (TPSA) is 21.8 Å². The summed E-state index contributed by atoms with van der Waals surface area (Å²) in [4.78, 5) is 0. The molecule has 2 aliphatic rings. The highest BCUT2D eigenvalue weighted by Gasteiger charge is 2.35. The fourth-order valence-electron chi connectivity index (χ4n) is 4.03. The molecule has 1 aliphatic carbocycles. The van der Waals surface area contributed by atoms with Gasteiger partial charge in [-0.15, -0.1) is 0 Å². The summed E-state index contributed by atoms with van der Waals surface area (Å²) in [7, 11) is 0. The summed E-state index contributed by atoms with van der Waals surface area (Å²) in [5, 5.41) is 0. The van der Waals surface area contributed by atoms with Gasteiger partial charge in [0.15, 0.2) is 0 Å². The first kappa shape index (κ1) is 16.6. The molecular weight excluding hydrogens is 284 g/mol. The fourth-order valence-corrected chi connectivity index (χ4v) is 4.03. The minimum absolute atomic E-state index is 0.305. The van der Waals surface area contributed by atoms with Crippen molar-refractivity contribution in [3.05, 3.63) is 41.5 Å². The summed E-state index contributed by atoms with van der Waals surface area (Å²) in [6.07, 6.45) is 8.79. The standard InChI is InChI=1S/C21H30O2/c1-4-17-12-16(3)13-21(5-2,14-17)18-6-8-19(9-7-18)22-11-10-20-15-23-20/h6-9,12,16,20H,4-5,10-11,13-15H2,1-3H3. The maximum Gasteiger partial charge on any atom is 0.119 e. The molecule has 0 radical (unpaired) electrons. The van der Waals surface area contributed by atoms with Crippen LogP contribution in [0.1, 0.15) is 58.4 Å². The second kappa shape index (κ2) is 7.09. The number of rotatable bonds is 7. The average molecular weight is 314 g/mol. The summed E-state index contributed by atoms with van der Waals surface area (Å²) in [5.74, 6) is 1.66. The zero-order valence-electron chi connectivity index (χ0n) is 14.8. The van der Waals surface area contributed by atoms with Crippen molar-refractivity contribution in [3.8, 4) is 5.75 Å². The lowest BCUT2D eigenvalue weighted by Gasteiger charge is -2.40. The Balaban J connectivity index is 1.69. The molecule has 0 N–H and O–H groups in total. The summed E-state index contributed by atoms with van der Waals surface area (Å²) in [6, 6.07) is 8.87. The molecule has 3 unspecified atom stereocenters. The van der Waals surface area contributed by atoms with Crippen LogP contribution >= 0.6 is 0 Å². The van der Waals surface area contributed by atoms with E-state index < -0.39 is 0 Å². The Morgan fingerprint density at radius 3 is 2.57 bits per heavy atom. The van der Waals surface area contributed by atoms with Gasteiger partial charge in [-0.05, 0) is 54.7 Å². The zero-order valence-corrected chi connectivity index (χ0v) is 14.8. The van der Waals surface area contributed by atoms with E-state index in [1.54, 1.807) is 5.57 Å². The van der Waals surface area contributed by atoms with Crippen molar-refractivity contribution in [2.75, 3.05) is 13.2 Å². The van der Waals surface area contributed by atoms with Crippen LogP contribution in [0.5, 0.6) is 5.75 Å². The lowest BCUT2D eigenvalue weighted by molar-refractivity contribution is 0.282. The minimum atomic E-state index is 0.305. The molecule has 1 heterocycles. The molecule has 0 aromatic heterocycles. The molecule has 1 aromatic rings. The first-order valence-corrected chi connectivity index (χ1v) is 9.19. The summed E-state index contributed by atoms with van der Waals surface area (Å²) < 4.78 is 11.1. The van der Waals surface area contributed by atoms with Crippen molar-refractivity contribution >= 4 is 0 Å². The van der Waals surface area contributed by atoms with Gasteiger partial charge < -0.3 is 9.47 Å². The predicted octanol–water partition coefficient (Wildman–Crippen LogP) is 5.27. The van der Waals surface area contributed by atoms with Crippen molar-refractivity contribution in [3.63, 3.8) is 0 Å². The Kier molecular flexibility index (Phi) is 5.11. The molecule has 3 atom stereocenters. The van der Waals surface area contributed by atoms with Crippen LogP contribution in [-0.4, -0.2) is 19.3 Å². The number of allylic oxidation sites excluding steroid dienone is 2. The van der Waals surface area contributed by atoms with Gasteiger partial charge >= 0.3 is 0 Å². The SMILES string of the molecule is CCC1=CC(C)CC(CC)(c2ccc(OCCC3CO3)cc2)C1. The Labute approximate surface area is 140 Å². The van der Waals surface area contributed by atoms with E-state index in [1.165, 1.54) is 31.2 Å². The van der Waals surface area contributed by atoms with Gasteiger partial charge in [0.05, 0.1) is 19.3 Å². The summed E-state index contributed by atoms with van der Waals surface area (Å²) >= 11 is 0. The molecule has 0 saturated carbocycles. The molecule has 0 spiro atoms. The Bertz CT molecular complexity index is 541. The van der Waals surface area contributed by atoms with Gasteiger partial charge in [0.1, 0.15) is 5.75 Å². The van der Waals surface area contributed by atoms with E-state index in [-0.39, 0.29) is 0 Å². The number of ether oxygens (including phenoxy) is 2. The molecule has 3 rings (SSSR count). The molecule has 126 valence electrons. The molecule has 1 aliphatic heterocycles. The third kappa shape index (κ3) is 3.98. The molecule has 0 bridgehead atoms. The van der Waals surface area contributed by atoms with Gasteiger partial charge in [-0.1, -0.05) is 44.6 Å². The second-order valence-electron chi connectivity index (χ2n) is 7.29. The average Bonchev–Trinajstić information content (AvgIpc) is 3.39. The summed E-state index contributed by atoms with van der Waals surface area (Å²) in [5.41, 5.74) is 3.40. The van der Waals surface area contributed by atoms with Crippen molar-refractivity contribution in [1.82, 2.24) is 0 Å². The van der Waals surface area contributed by atoms with Crippen LogP contribution in [0.3, 0.4) is 0 Å². The van der Waals surface area contributed by atoms with Crippen LogP contribution in [0.25, 0.3) is 0 Å². The molecule has 1 saturated heterocycles. The quantitative estimate of drug-likeness (QED) is 0.505. The number of hydrogen-bond donors (Lipinski definition) is 0. The highest BCUT2D eigenvalue weighted by Crippen LogP contribution is 2.45. The zero-order chi connectivity index (χ0) is 16.3. The minimum Gasteiger partial charge on any atom is -0.493 e. The fraction of sp³-hybridized carbons (Fsp3) is 0.619. The van der Waals surface area contributed by atoms with Crippen LogP contribution in [0, 0.1) is 5.92 Å². The van der Waals surface area contributed by atoms with E-state index >= 15 is 0 Å². The van der Waals surface area contributed by atoms with E-state index in [4.69, 9.17) is 9.47 Å². The summed E-state index contributed by atoms with van der Waals surface area (Å²) in [6.45, 7) is 8.64. The first-order valence-electron chi connectivity index (χ1n) is 9.19. The van der Waals surface area contributed by atoms with Crippen LogP contribution in [0.4, 0.5) is 0 Å². The number of hydrogen-bond acceptors (Lipinski definition) is 2. The molecule has 0 amide bonds. The maximum atomic E-state index is 5.84. The van der Waals surface area contributed by atoms with Gasteiger partial charge in [0, 0.05) is 6.42 Å². The van der Waals surface area contributed by atoms with Crippen LogP contribution in [0.15, 0.2) is 35.9 Å². The van der Waals surface area contributed by atoms with Crippen LogP contribution < -0.4 is 4.74 Å². The lowest BCUT2D eigenvalue weighted by Crippen LogP contribution is -2.31. The third-order valence-electron chi connectivity index (χ3n) is 5.51. The van der Waals surface area contributed by atoms with Crippen molar-refractivity contribution in [2.45, 2.75) is 64.4 Å². The largest absolute Gasteiger partial charge is 0.493 e. The maximum absolute atomic E-state index is 5.84. The van der Waals surface area contributed by atoms with Crippen molar-refractivity contribution in [1.29, 1.82) is 0 Å². The van der Waals surface area contributed by atoms with E-state index in [2.05, 4.69) is 51.1 Å². The number of benzene rings is 1. The number of epoxide rings is 1. The van der Waals surface area contributed by atoms with Crippen molar-refractivity contribution in [2.24, 2.45) is 5.92 Å². The van der Waals surface area contributed by atoms with Crippen LogP contribution in [0.2, 0.25) is 0 Å². The first-order chi connectivity index (χ1) is 11.1. The van der Waals surface area contributed by atoms with E-state index in [0.29, 0.717) is 17.4 Å².